The maximum absolute atomic E-state index is 12.8. The standard InChI is InChI=1S/C18H14N4O2/c1-11-6-7-15-12(9-11)16(23)13(10-22(15)2)18-20-17(21-24-18)14-5-3-4-8-19-14/h3-10H,1-2H3. The van der Waals surface area contributed by atoms with Crippen molar-refractivity contribution in [3.63, 3.8) is 0 Å². The Bertz CT molecular complexity index is 1100. The van der Waals surface area contributed by atoms with Crippen LogP contribution in [0.3, 0.4) is 0 Å². The van der Waals surface area contributed by atoms with Gasteiger partial charge in [0.05, 0.1) is 5.52 Å². The number of nitrogens with zero attached hydrogens (tertiary/aromatic N) is 4. The first kappa shape index (κ1) is 14.3. The molecule has 0 saturated heterocycles. The normalized spacial score (nSPS) is 11.1. The second-order valence-corrected chi connectivity index (χ2v) is 5.64. The number of aromatic nitrogens is 4. The number of hydrogen-bond donors (Lipinski definition) is 0. The molecule has 3 heterocycles. The molecule has 6 nitrogen and oxygen atoms in total. The SMILES string of the molecule is Cc1ccc2c(c1)c(=O)c(-c1nc(-c3ccccn3)no1)cn2C. The van der Waals surface area contributed by atoms with E-state index in [9.17, 15) is 4.79 Å². The molecule has 0 aliphatic rings. The van der Waals surface area contributed by atoms with Crippen LogP contribution in [-0.4, -0.2) is 19.7 Å². The van der Waals surface area contributed by atoms with Crippen LogP contribution in [0, 0.1) is 6.92 Å². The minimum atomic E-state index is -0.122. The molecule has 0 aliphatic carbocycles. The van der Waals surface area contributed by atoms with Gasteiger partial charge in [-0.25, -0.2) is 0 Å². The van der Waals surface area contributed by atoms with Crippen molar-refractivity contribution in [1.82, 2.24) is 19.7 Å². The zero-order valence-electron chi connectivity index (χ0n) is 13.2. The predicted molar refractivity (Wildman–Crippen MR) is 90.4 cm³/mol. The lowest BCUT2D eigenvalue weighted by molar-refractivity contribution is 0.431. The highest BCUT2D eigenvalue weighted by atomic mass is 16.5. The first-order chi connectivity index (χ1) is 11.6. The lowest BCUT2D eigenvalue weighted by Gasteiger charge is -2.07. The Kier molecular flexibility index (Phi) is 3.23. The molecular weight excluding hydrogens is 304 g/mol. The summed E-state index contributed by atoms with van der Waals surface area (Å²) < 4.78 is 7.19. The van der Waals surface area contributed by atoms with Crippen LogP contribution in [-0.2, 0) is 7.05 Å². The minimum absolute atomic E-state index is 0.122. The Hall–Kier alpha value is -3.28. The van der Waals surface area contributed by atoms with Gasteiger partial charge in [0.2, 0.25) is 11.3 Å². The van der Waals surface area contributed by atoms with E-state index in [1.165, 1.54) is 0 Å². The molecule has 0 N–H and O–H groups in total. The average Bonchev–Trinajstić information content (AvgIpc) is 3.08. The van der Waals surface area contributed by atoms with Gasteiger partial charge in [-0.05, 0) is 31.2 Å². The van der Waals surface area contributed by atoms with Gasteiger partial charge in [0, 0.05) is 24.8 Å². The fourth-order valence-electron chi connectivity index (χ4n) is 2.69. The van der Waals surface area contributed by atoms with Crippen LogP contribution in [0.5, 0.6) is 0 Å². The van der Waals surface area contributed by atoms with Crippen molar-refractivity contribution in [2.24, 2.45) is 7.05 Å². The Balaban J connectivity index is 1.90. The van der Waals surface area contributed by atoms with Crippen molar-refractivity contribution in [1.29, 1.82) is 0 Å². The van der Waals surface area contributed by atoms with E-state index in [4.69, 9.17) is 4.52 Å². The van der Waals surface area contributed by atoms with Crippen molar-refractivity contribution in [3.05, 3.63) is 64.6 Å². The van der Waals surface area contributed by atoms with Gasteiger partial charge in [0.25, 0.3) is 5.89 Å². The molecule has 0 bridgehead atoms. The lowest BCUT2D eigenvalue weighted by Crippen LogP contribution is -2.10. The van der Waals surface area contributed by atoms with Crippen molar-refractivity contribution in [2.45, 2.75) is 6.92 Å². The zero-order valence-corrected chi connectivity index (χ0v) is 13.2. The molecule has 0 amide bonds. The molecule has 118 valence electrons. The summed E-state index contributed by atoms with van der Waals surface area (Å²) in [5.74, 6) is 0.552. The van der Waals surface area contributed by atoms with Gasteiger partial charge in [0.1, 0.15) is 11.3 Å². The molecule has 1 aromatic carbocycles. The van der Waals surface area contributed by atoms with E-state index < -0.39 is 0 Å². The van der Waals surface area contributed by atoms with Gasteiger partial charge in [-0.1, -0.05) is 22.9 Å². The molecule has 0 atom stereocenters. The molecule has 3 aromatic heterocycles. The van der Waals surface area contributed by atoms with Crippen LogP contribution in [0.25, 0.3) is 33.9 Å². The van der Waals surface area contributed by atoms with Crippen LogP contribution < -0.4 is 5.43 Å². The zero-order chi connectivity index (χ0) is 16.7. The fourth-order valence-corrected chi connectivity index (χ4v) is 2.69. The lowest BCUT2D eigenvalue weighted by atomic mass is 10.1. The van der Waals surface area contributed by atoms with Gasteiger partial charge < -0.3 is 9.09 Å². The maximum atomic E-state index is 12.8. The highest BCUT2D eigenvalue weighted by molar-refractivity contribution is 5.83. The average molecular weight is 318 g/mol. The maximum Gasteiger partial charge on any atom is 0.263 e. The number of aryl methyl sites for hydroxylation is 2. The van der Waals surface area contributed by atoms with E-state index in [0.29, 0.717) is 22.5 Å². The van der Waals surface area contributed by atoms with Gasteiger partial charge >= 0.3 is 0 Å². The number of benzene rings is 1. The van der Waals surface area contributed by atoms with Crippen LogP contribution in [0.1, 0.15) is 5.56 Å². The van der Waals surface area contributed by atoms with Crippen molar-refractivity contribution < 1.29 is 4.52 Å². The molecule has 0 spiro atoms. The third kappa shape index (κ3) is 2.28. The molecule has 0 fully saturated rings. The Morgan fingerprint density at radius 2 is 2.04 bits per heavy atom. The highest BCUT2D eigenvalue weighted by Gasteiger charge is 2.17. The molecule has 4 rings (SSSR count). The third-order valence-corrected chi connectivity index (χ3v) is 3.89. The number of fused-ring (bicyclic) bond motifs is 1. The second-order valence-electron chi connectivity index (χ2n) is 5.64. The molecule has 0 unspecified atom stereocenters. The van der Waals surface area contributed by atoms with Gasteiger partial charge in [-0.15, -0.1) is 0 Å². The summed E-state index contributed by atoms with van der Waals surface area (Å²) in [6.45, 7) is 1.96. The van der Waals surface area contributed by atoms with E-state index >= 15 is 0 Å². The monoisotopic (exact) mass is 318 g/mol. The fraction of sp³-hybridized carbons (Fsp3) is 0.111. The summed E-state index contributed by atoms with van der Waals surface area (Å²) in [7, 11) is 1.89. The highest BCUT2D eigenvalue weighted by Crippen LogP contribution is 2.21. The van der Waals surface area contributed by atoms with Crippen LogP contribution >= 0.6 is 0 Å². The summed E-state index contributed by atoms with van der Waals surface area (Å²) in [5, 5.41) is 4.57. The van der Waals surface area contributed by atoms with Gasteiger partial charge in [-0.2, -0.15) is 4.98 Å². The van der Waals surface area contributed by atoms with Crippen molar-refractivity contribution >= 4 is 10.9 Å². The smallest absolute Gasteiger partial charge is 0.263 e. The number of pyridine rings is 2. The van der Waals surface area contributed by atoms with E-state index in [0.717, 1.165) is 11.1 Å². The first-order valence-corrected chi connectivity index (χ1v) is 7.49. The number of hydrogen-bond acceptors (Lipinski definition) is 5. The molecule has 4 aromatic rings. The number of rotatable bonds is 2. The van der Waals surface area contributed by atoms with Crippen LogP contribution in [0.15, 0.2) is 58.1 Å². The van der Waals surface area contributed by atoms with E-state index in [1.807, 2.05) is 48.9 Å². The van der Waals surface area contributed by atoms with E-state index in [-0.39, 0.29) is 11.3 Å². The summed E-state index contributed by atoms with van der Waals surface area (Å²) in [5.41, 5.74) is 2.74. The van der Waals surface area contributed by atoms with Crippen LogP contribution in [0.2, 0.25) is 0 Å². The third-order valence-electron chi connectivity index (χ3n) is 3.89. The second kappa shape index (κ2) is 5.42. The molecule has 24 heavy (non-hydrogen) atoms. The minimum Gasteiger partial charge on any atom is -0.350 e. The largest absolute Gasteiger partial charge is 0.350 e. The summed E-state index contributed by atoms with van der Waals surface area (Å²) >= 11 is 0. The quantitative estimate of drug-likeness (QED) is 0.568. The molecule has 6 heteroatoms. The summed E-state index contributed by atoms with van der Waals surface area (Å²) in [6, 6.07) is 11.2. The summed E-state index contributed by atoms with van der Waals surface area (Å²) in [6.07, 6.45) is 3.37. The van der Waals surface area contributed by atoms with Crippen molar-refractivity contribution in [2.75, 3.05) is 0 Å². The van der Waals surface area contributed by atoms with Gasteiger partial charge in [-0.3, -0.25) is 9.78 Å². The van der Waals surface area contributed by atoms with Crippen molar-refractivity contribution in [3.8, 4) is 23.0 Å². The topological polar surface area (TPSA) is 73.8 Å². The van der Waals surface area contributed by atoms with E-state index in [1.54, 1.807) is 18.5 Å². The Labute approximate surface area is 137 Å². The molecule has 0 saturated carbocycles. The van der Waals surface area contributed by atoms with E-state index in [2.05, 4.69) is 15.1 Å². The Morgan fingerprint density at radius 3 is 2.83 bits per heavy atom. The molecular formula is C18H14N4O2. The molecule has 0 radical (unpaired) electrons. The van der Waals surface area contributed by atoms with Gasteiger partial charge in [0.15, 0.2) is 0 Å². The Morgan fingerprint density at radius 1 is 1.17 bits per heavy atom. The van der Waals surface area contributed by atoms with Crippen LogP contribution in [0.4, 0.5) is 0 Å². The first-order valence-electron chi connectivity index (χ1n) is 7.49. The predicted octanol–water partition coefficient (Wildman–Crippen LogP) is 2.96. The molecule has 0 aliphatic heterocycles. The summed E-state index contributed by atoms with van der Waals surface area (Å²) in [4.78, 5) is 21.3.